The molecular weight excluding hydrogens is 316 g/mol. The van der Waals surface area contributed by atoms with E-state index >= 15 is 0 Å². The second-order valence-corrected chi connectivity index (χ2v) is 7.35. The number of likely N-dealkylation sites (N-methyl/N-ethyl adjacent to an activating group) is 1. The number of nitrogens with zero attached hydrogens (tertiary/aromatic N) is 2. The molecule has 1 fully saturated rings. The summed E-state index contributed by atoms with van der Waals surface area (Å²) in [6.45, 7) is 4.13. The lowest BCUT2D eigenvalue weighted by Gasteiger charge is -2.24. The van der Waals surface area contributed by atoms with E-state index in [-0.39, 0.29) is 6.04 Å². The summed E-state index contributed by atoms with van der Waals surface area (Å²) in [5.41, 5.74) is 0.795. The van der Waals surface area contributed by atoms with Gasteiger partial charge >= 0.3 is 11.8 Å². The van der Waals surface area contributed by atoms with Gasteiger partial charge in [0.05, 0.1) is 11.5 Å². The number of amides is 2. The Kier molecular flexibility index (Phi) is 5.81. The van der Waals surface area contributed by atoms with E-state index in [4.69, 9.17) is 5.26 Å². The van der Waals surface area contributed by atoms with Crippen LogP contribution in [0.2, 0.25) is 0 Å². The minimum atomic E-state index is -0.680. The van der Waals surface area contributed by atoms with Gasteiger partial charge in [0, 0.05) is 18.3 Å². The lowest BCUT2D eigenvalue weighted by Crippen LogP contribution is -2.45. The summed E-state index contributed by atoms with van der Waals surface area (Å²) < 4.78 is 0. The molecule has 0 unspecified atom stereocenters. The molecule has 0 heterocycles. The Morgan fingerprint density at radius 2 is 1.84 bits per heavy atom. The first kappa shape index (κ1) is 18.9. The van der Waals surface area contributed by atoms with Crippen LogP contribution in [0, 0.1) is 17.2 Å². The van der Waals surface area contributed by atoms with Gasteiger partial charge in [-0.15, -0.1) is 0 Å². The predicted molar refractivity (Wildman–Crippen MR) is 96.9 cm³/mol. The van der Waals surface area contributed by atoms with Crippen molar-refractivity contribution in [1.29, 1.82) is 5.26 Å². The quantitative estimate of drug-likeness (QED) is 0.773. The minimum Gasteiger partial charge on any atom is -0.346 e. The second-order valence-electron chi connectivity index (χ2n) is 7.35. The summed E-state index contributed by atoms with van der Waals surface area (Å²) in [5, 5.41) is 14.4. The van der Waals surface area contributed by atoms with E-state index in [0.717, 1.165) is 5.56 Å². The van der Waals surface area contributed by atoms with Gasteiger partial charge in [-0.2, -0.15) is 5.26 Å². The first-order valence-corrected chi connectivity index (χ1v) is 8.52. The Hall–Kier alpha value is -2.39. The monoisotopic (exact) mass is 342 g/mol. The molecule has 134 valence electrons. The van der Waals surface area contributed by atoms with Gasteiger partial charge in [-0.3, -0.25) is 9.59 Å². The number of hydrogen-bond donors (Lipinski definition) is 2. The van der Waals surface area contributed by atoms with E-state index in [1.54, 1.807) is 24.3 Å². The van der Waals surface area contributed by atoms with Gasteiger partial charge in [0.1, 0.15) is 0 Å². The van der Waals surface area contributed by atoms with Gasteiger partial charge in [0.2, 0.25) is 0 Å². The highest BCUT2D eigenvalue weighted by Crippen LogP contribution is 2.34. The number of carbonyl (C=O) groups excluding carboxylic acids is 2. The summed E-state index contributed by atoms with van der Waals surface area (Å²) in [6.07, 6.45) is 2.35. The lowest BCUT2D eigenvalue weighted by atomic mass is 9.86. The predicted octanol–water partition coefficient (Wildman–Crippen LogP) is 1.88. The summed E-state index contributed by atoms with van der Waals surface area (Å²) >= 11 is 0. The van der Waals surface area contributed by atoms with Crippen molar-refractivity contribution in [2.24, 2.45) is 5.92 Å². The van der Waals surface area contributed by atoms with Crippen LogP contribution < -0.4 is 10.6 Å². The fourth-order valence-corrected chi connectivity index (χ4v) is 2.75. The summed E-state index contributed by atoms with van der Waals surface area (Å²) in [4.78, 5) is 26.1. The standard InChI is InChI=1S/C19H26N4O2/c1-19(2,12-20)14-7-9-15(10-8-14)22-18(25)17(24)21-11-16(23(3)4)13-5-6-13/h7-10,13,16H,5-6,11H2,1-4H3,(H,21,24)(H,22,25)/t16-/m1/s1. The van der Waals surface area contributed by atoms with Crippen LogP contribution in [0.1, 0.15) is 32.3 Å². The van der Waals surface area contributed by atoms with Crippen molar-refractivity contribution in [3.05, 3.63) is 29.8 Å². The highest BCUT2D eigenvalue weighted by Gasteiger charge is 2.33. The van der Waals surface area contributed by atoms with Gasteiger partial charge in [-0.05, 0) is 64.4 Å². The van der Waals surface area contributed by atoms with E-state index in [0.29, 0.717) is 18.2 Å². The van der Waals surface area contributed by atoms with Gasteiger partial charge in [0.15, 0.2) is 0 Å². The highest BCUT2D eigenvalue weighted by atomic mass is 16.2. The molecule has 0 aliphatic heterocycles. The number of rotatable bonds is 6. The number of nitrogens with one attached hydrogen (secondary N) is 2. The molecule has 6 nitrogen and oxygen atoms in total. The number of benzene rings is 1. The third kappa shape index (κ3) is 5.04. The Bertz CT molecular complexity index is 668. The van der Waals surface area contributed by atoms with Crippen LogP contribution in [0.5, 0.6) is 0 Å². The number of carbonyl (C=O) groups is 2. The molecule has 1 aliphatic rings. The molecule has 25 heavy (non-hydrogen) atoms. The van der Waals surface area contributed by atoms with Gasteiger partial charge in [-0.25, -0.2) is 0 Å². The Balaban J connectivity index is 1.88. The maximum absolute atomic E-state index is 12.0. The van der Waals surface area contributed by atoms with Gasteiger partial charge in [0.25, 0.3) is 0 Å². The van der Waals surface area contributed by atoms with Crippen molar-refractivity contribution in [3.8, 4) is 6.07 Å². The molecule has 0 spiro atoms. The van der Waals surface area contributed by atoms with Gasteiger partial charge < -0.3 is 15.5 Å². The summed E-state index contributed by atoms with van der Waals surface area (Å²) in [5.74, 6) is -0.705. The normalized spacial score (nSPS) is 15.4. The SMILES string of the molecule is CN(C)[C@H](CNC(=O)C(=O)Nc1ccc(C(C)(C)C#N)cc1)C1CC1. The summed E-state index contributed by atoms with van der Waals surface area (Å²) in [6, 6.07) is 9.47. The number of anilines is 1. The van der Waals surface area contributed by atoms with E-state index < -0.39 is 17.2 Å². The number of hydrogen-bond acceptors (Lipinski definition) is 4. The summed E-state index contributed by atoms with van der Waals surface area (Å²) in [7, 11) is 3.97. The number of nitriles is 1. The Morgan fingerprint density at radius 1 is 1.24 bits per heavy atom. The molecule has 6 heteroatoms. The van der Waals surface area contributed by atoms with E-state index in [1.807, 2.05) is 27.9 Å². The van der Waals surface area contributed by atoms with Crippen molar-refractivity contribution >= 4 is 17.5 Å². The van der Waals surface area contributed by atoms with Crippen LogP contribution in [0.4, 0.5) is 5.69 Å². The third-order valence-corrected chi connectivity index (χ3v) is 4.65. The molecule has 2 amide bonds. The molecule has 0 bridgehead atoms. The van der Waals surface area contributed by atoms with E-state index in [9.17, 15) is 9.59 Å². The fourth-order valence-electron chi connectivity index (χ4n) is 2.75. The van der Waals surface area contributed by atoms with E-state index in [1.165, 1.54) is 12.8 Å². The van der Waals surface area contributed by atoms with Crippen molar-refractivity contribution in [2.45, 2.75) is 38.1 Å². The maximum Gasteiger partial charge on any atom is 0.313 e. The molecule has 0 radical (unpaired) electrons. The van der Waals surface area contributed by atoms with Crippen LogP contribution in [0.15, 0.2) is 24.3 Å². The average Bonchev–Trinajstić information content (AvgIpc) is 3.40. The van der Waals surface area contributed by atoms with Crippen LogP contribution in [0.3, 0.4) is 0 Å². The average molecular weight is 342 g/mol. The lowest BCUT2D eigenvalue weighted by molar-refractivity contribution is -0.136. The molecule has 0 aromatic heterocycles. The Morgan fingerprint density at radius 3 is 2.32 bits per heavy atom. The van der Waals surface area contributed by atoms with Crippen molar-refractivity contribution < 1.29 is 9.59 Å². The van der Waals surface area contributed by atoms with E-state index in [2.05, 4.69) is 21.6 Å². The molecule has 0 saturated heterocycles. The molecular formula is C19H26N4O2. The maximum atomic E-state index is 12.0. The molecule has 1 atom stereocenters. The van der Waals surface area contributed by atoms with Crippen LogP contribution in [-0.2, 0) is 15.0 Å². The zero-order chi connectivity index (χ0) is 18.6. The molecule has 1 saturated carbocycles. The first-order valence-electron chi connectivity index (χ1n) is 8.52. The zero-order valence-corrected chi connectivity index (χ0v) is 15.3. The van der Waals surface area contributed by atoms with Gasteiger partial charge in [-0.1, -0.05) is 12.1 Å². The first-order chi connectivity index (χ1) is 11.7. The van der Waals surface area contributed by atoms with Crippen molar-refractivity contribution in [3.63, 3.8) is 0 Å². The molecule has 1 aromatic rings. The largest absolute Gasteiger partial charge is 0.346 e. The smallest absolute Gasteiger partial charge is 0.313 e. The van der Waals surface area contributed by atoms with Crippen molar-refractivity contribution in [2.75, 3.05) is 26.0 Å². The van der Waals surface area contributed by atoms with Crippen molar-refractivity contribution in [1.82, 2.24) is 10.2 Å². The molecule has 1 aliphatic carbocycles. The van der Waals surface area contributed by atoms with Crippen LogP contribution in [0.25, 0.3) is 0 Å². The fraction of sp³-hybridized carbons (Fsp3) is 0.526. The van der Waals surface area contributed by atoms with Crippen LogP contribution in [-0.4, -0.2) is 43.4 Å². The Labute approximate surface area is 149 Å². The topological polar surface area (TPSA) is 85.2 Å². The molecule has 2 N–H and O–H groups in total. The third-order valence-electron chi connectivity index (χ3n) is 4.65. The zero-order valence-electron chi connectivity index (χ0n) is 15.3. The highest BCUT2D eigenvalue weighted by molar-refractivity contribution is 6.39. The molecule has 2 rings (SSSR count). The van der Waals surface area contributed by atoms with Crippen LogP contribution >= 0.6 is 0 Å². The minimum absolute atomic E-state index is 0.268. The second kappa shape index (κ2) is 7.66. The molecule has 1 aromatic carbocycles.